The SMILES string of the molecule is NC(=O)Cn1c(=S)[nH]c2cc(F)ccc21. The number of primary amides is 1. The zero-order valence-electron chi connectivity index (χ0n) is 7.66. The molecule has 0 aliphatic rings. The molecule has 3 N–H and O–H groups in total. The topological polar surface area (TPSA) is 63.8 Å². The van der Waals surface area contributed by atoms with Crippen LogP contribution >= 0.6 is 12.2 Å². The fourth-order valence-corrected chi connectivity index (χ4v) is 1.72. The van der Waals surface area contributed by atoms with E-state index in [1.54, 1.807) is 6.07 Å². The molecule has 0 fully saturated rings. The van der Waals surface area contributed by atoms with Crippen LogP contribution in [0.15, 0.2) is 18.2 Å². The number of rotatable bonds is 2. The van der Waals surface area contributed by atoms with Gasteiger partial charge in [0.2, 0.25) is 5.91 Å². The van der Waals surface area contributed by atoms with Gasteiger partial charge >= 0.3 is 0 Å². The highest BCUT2D eigenvalue weighted by molar-refractivity contribution is 7.71. The second-order valence-corrected chi connectivity index (χ2v) is 3.53. The highest BCUT2D eigenvalue weighted by Gasteiger charge is 2.06. The summed E-state index contributed by atoms with van der Waals surface area (Å²) in [7, 11) is 0. The molecular formula is C9H8FN3OS. The Kier molecular flexibility index (Phi) is 2.28. The Morgan fingerprint density at radius 1 is 1.60 bits per heavy atom. The maximum atomic E-state index is 12.9. The third-order valence-corrected chi connectivity index (χ3v) is 2.37. The number of nitrogens with two attached hydrogens (primary N) is 1. The van der Waals surface area contributed by atoms with Crippen molar-refractivity contribution in [3.05, 3.63) is 28.8 Å². The molecule has 0 spiro atoms. The highest BCUT2D eigenvalue weighted by Crippen LogP contribution is 2.15. The summed E-state index contributed by atoms with van der Waals surface area (Å²) >= 11 is 4.99. The number of aromatic amines is 1. The van der Waals surface area contributed by atoms with Crippen molar-refractivity contribution >= 4 is 29.2 Å². The monoisotopic (exact) mass is 225 g/mol. The summed E-state index contributed by atoms with van der Waals surface area (Å²) in [6.07, 6.45) is 0. The summed E-state index contributed by atoms with van der Waals surface area (Å²) < 4.78 is 14.8. The van der Waals surface area contributed by atoms with E-state index in [4.69, 9.17) is 18.0 Å². The minimum absolute atomic E-state index is 0.00946. The standard InChI is InChI=1S/C9H8FN3OS/c10-5-1-2-7-6(3-5)12-9(15)13(7)4-8(11)14/h1-3H,4H2,(H2,11,14)(H,12,15). The Balaban J connectivity index is 2.68. The number of carbonyl (C=O) groups excluding carboxylic acids is 1. The van der Waals surface area contributed by atoms with E-state index < -0.39 is 5.91 Å². The molecule has 0 saturated heterocycles. The number of carbonyl (C=O) groups is 1. The Morgan fingerprint density at radius 3 is 3.00 bits per heavy atom. The lowest BCUT2D eigenvalue weighted by Crippen LogP contribution is -2.18. The van der Waals surface area contributed by atoms with Crippen LogP contribution in [-0.2, 0) is 11.3 Å². The predicted molar refractivity (Wildman–Crippen MR) is 56.3 cm³/mol. The highest BCUT2D eigenvalue weighted by atomic mass is 32.1. The van der Waals surface area contributed by atoms with Crippen LogP contribution in [0, 0.1) is 10.6 Å². The predicted octanol–water partition coefficient (Wildman–Crippen LogP) is 1.32. The quantitative estimate of drug-likeness (QED) is 0.757. The maximum Gasteiger partial charge on any atom is 0.237 e. The van der Waals surface area contributed by atoms with Gasteiger partial charge in [-0.1, -0.05) is 0 Å². The number of amides is 1. The molecule has 0 atom stereocenters. The molecule has 0 bridgehead atoms. The molecule has 6 heteroatoms. The van der Waals surface area contributed by atoms with Crippen molar-refractivity contribution in [2.75, 3.05) is 0 Å². The number of imidazole rings is 1. The Morgan fingerprint density at radius 2 is 2.33 bits per heavy atom. The summed E-state index contributed by atoms with van der Waals surface area (Å²) in [6.45, 7) is -0.00946. The van der Waals surface area contributed by atoms with Crippen LogP contribution < -0.4 is 5.73 Å². The van der Waals surface area contributed by atoms with Gasteiger partial charge in [0.05, 0.1) is 11.0 Å². The molecule has 1 heterocycles. The molecule has 4 nitrogen and oxygen atoms in total. The summed E-state index contributed by atoms with van der Waals surface area (Å²) in [4.78, 5) is 13.6. The fourth-order valence-electron chi connectivity index (χ4n) is 1.45. The average molecular weight is 225 g/mol. The number of halogens is 1. The minimum Gasteiger partial charge on any atom is -0.368 e. The number of aromatic nitrogens is 2. The van der Waals surface area contributed by atoms with Crippen molar-refractivity contribution in [2.45, 2.75) is 6.54 Å². The first-order valence-electron chi connectivity index (χ1n) is 4.24. The first-order valence-corrected chi connectivity index (χ1v) is 4.65. The molecule has 1 amide bonds. The number of nitrogens with zero attached hydrogens (tertiary/aromatic N) is 1. The fraction of sp³-hybridized carbons (Fsp3) is 0.111. The van der Waals surface area contributed by atoms with Crippen LogP contribution in [0.4, 0.5) is 4.39 Å². The molecule has 0 aliphatic heterocycles. The molecule has 15 heavy (non-hydrogen) atoms. The van der Waals surface area contributed by atoms with E-state index in [9.17, 15) is 9.18 Å². The van der Waals surface area contributed by atoms with Crippen molar-refractivity contribution in [3.63, 3.8) is 0 Å². The van der Waals surface area contributed by atoms with Gasteiger partial charge in [0, 0.05) is 0 Å². The average Bonchev–Trinajstić information content (AvgIpc) is 2.41. The molecule has 0 aliphatic carbocycles. The number of hydrogen-bond acceptors (Lipinski definition) is 2. The molecule has 2 aromatic rings. The van der Waals surface area contributed by atoms with Gasteiger partial charge in [0.1, 0.15) is 12.4 Å². The van der Waals surface area contributed by atoms with Gasteiger partial charge in [-0.3, -0.25) is 4.79 Å². The van der Waals surface area contributed by atoms with Crippen molar-refractivity contribution in [1.29, 1.82) is 0 Å². The zero-order chi connectivity index (χ0) is 11.0. The van der Waals surface area contributed by atoms with Gasteiger partial charge in [-0.25, -0.2) is 4.39 Å². The van der Waals surface area contributed by atoms with Gasteiger partial charge in [-0.2, -0.15) is 0 Å². The van der Waals surface area contributed by atoms with Gasteiger partial charge in [-0.15, -0.1) is 0 Å². The van der Waals surface area contributed by atoms with E-state index in [0.717, 1.165) is 0 Å². The lowest BCUT2D eigenvalue weighted by atomic mass is 10.3. The molecular weight excluding hydrogens is 217 g/mol. The summed E-state index contributed by atoms with van der Waals surface area (Å²) in [5.74, 6) is -0.846. The van der Waals surface area contributed by atoms with Crippen LogP contribution in [0.2, 0.25) is 0 Å². The Bertz CT molecular complexity index is 587. The van der Waals surface area contributed by atoms with Crippen molar-refractivity contribution < 1.29 is 9.18 Å². The molecule has 0 saturated carbocycles. The number of benzene rings is 1. The molecule has 1 aromatic carbocycles. The summed E-state index contributed by atoms with van der Waals surface area (Å²) in [5.41, 5.74) is 6.30. The Labute approximate surface area is 89.5 Å². The van der Waals surface area contributed by atoms with Crippen molar-refractivity contribution in [3.8, 4) is 0 Å². The van der Waals surface area contributed by atoms with Crippen LogP contribution in [-0.4, -0.2) is 15.5 Å². The second kappa shape index (κ2) is 3.47. The van der Waals surface area contributed by atoms with E-state index in [1.165, 1.54) is 16.7 Å². The molecule has 0 radical (unpaired) electrons. The maximum absolute atomic E-state index is 12.9. The molecule has 0 unspecified atom stereocenters. The van der Waals surface area contributed by atoms with Gasteiger partial charge < -0.3 is 15.3 Å². The molecule has 2 rings (SSSR count). The number of hydrogen-bond donors (Lipinski definition) is 2. The zero-order valence-corrected chi connectivity index (χ0v) is 8.47. The molecule has 1 aromatic heterocycles. The van der Waals surface area contributed by atoms with Crippen LogP contribution in [0.5, 0.6) is 0 Å². The van der Waals surface area contributed by atoms with E-state index >= 15 is 0 Å². The first kappa shape index (κ1) is 9.85. The minimum atomic E-state index is -0.490. The number of H-pyrrole nitrogens is 1. The molecule has 78 valence electrons. The number of fused-ring (bicyclic) bond motifs is 1. The van der Waals surface area contributed by atoms with E-state index in [2.05, 4.69) is 4.98 Å². The van der Waals surface area contributed by atoms with Crippen molar-refractivity contribution in [1.82, 2.24) is 9.55 Å². The normalized spacial score (nSPS) is 10.7. The largest absolute Gasteiger partial charge is 0.368 e. The van der Waals surface area contributed by atoms with E-state index in [1.807, 2.05) is 0 Å². The lowest BCUT2D eigenvalue weighted by molar-refractivity contribution is -0.118. The third-order valence-electron chi connectivity index (χ3n) is 2.05. The van der Waals surface area contributed by atoms with Gasteiger partial charge in [0.15, 0.2) is 4.77 Å². The van der Waals surface area contributed by atoms with Gasteiger partial charge in [0.25, 0.3) is 0 Å². The number of nitrogens with one attached hydrogen (secondary N) is 1. The smallest absolute Gasteiger partial charge is 0.237 e. The van der Waals surface area contributed by atoms with Crippen LogP contribution in [0.3, 0.4) is 0 Å². The van der Waals surface area contributed by atoms with Crippen LogP contribution in [0.1, 0.15) is 0 Å². The second-order valence-electron chi connectivity index (χ2n) is 3.14. The summed E-state index contributed by atoms with van der Waals surface area (Å²) in [5, 5.41) is 0. The summed E-state index contributed by atoms with van der Waals surface area (Å²) in [6, 6.07) is 4.19. The van der Waals surface area contributed by atoms with Crippen molar-refractivity contribution in [2.24, 2.45) is 5.73 Å². The third kappa shape index (κ3) is 1.75. The van der Waals surface area contributed by atoms with Gasteiger partial charge in [-0.05, 0) is 30.4 Å². The van der Waals surface area contributed by atoms with Crippen LogP contribution in [0.25, 0.3) is 11.0 Å². The first-order chi connectivity index (χ1) is 7.08. The van der Waals surface area contributed by atoms with E-state index in [-0.39, 0.29) is 12.4 Å². The van der Waals surface area contributed by atoms with E-state index in [0.29, 0.717) is 15.8 Å². The lowest BCUT2D eigenvalue weighted by Gasteiger charge is -1.99. The Hall–Kier alpha value is -1.69.